The number of benzene rings is 1. The van der Waals surface area contributed by atoms with Crippen LogP contribution >= 0.6 is 0 Å². The summed E-state index contributed by atoms with van der Waals surface area (Å²) >= 11 is 0. The van der Waals surface area contributed by atoms with Crippen molar-refractivity contribution >= 4 is 11.8 Å². The molecule has 2 aromatic rings. The number of hydrogen-bond donors (Lipinski definition) is 2. The van der Waals surface area contributed by atoms with Crippen LogP contribution in [0.5, 0.6) is 0 Å². The van der Waals surface area contributed by atoms with Gasteiger partial charge in [0, 0.05) is 12.1 Å². The van der Waals surface area contributed by atoms with Gasteiger partial charge in [0.25, 0.3) is 0 Å². The average Bonchev–Trinajstić information content (AvgIpc) is 2.91. The van der Waals surface area contributed by atoms with Gasteiger partial charge < -0.3 is 4.52 Å². The Morgan fingerprint density at radius 1 is 1.25 bits per heavy atom. The molecule has 24 heavy (non-hydrogen) atoms. The van der Waals surface area contributed by atoms with Crippen molar-refractivity contribution in [2.45, 2.75) is 39.0 Å². The minimum atomic E-state index is -4.45. The molecule has 1 aromatic heterocycles. The van der Waals surface area contributed by atoms with E-state index in [9.17, 15) is 18.0 Å². The molecule has 2 rings (SSSR count). The van der Waals surface area contributed by atoms with E-state index in [-0.39, 0.29) is 11.4 Å². The lowest BCUT2D eigenvalue weighted by Crippen LogP contribution is -2.39. The van der Waals surface area contributed by atoms with Crippen LogP contribution in [0.2, 0.25) is 0 Å². The first-order valence-electron chi connectivity index (χ1n) is 7.35. The number of aromatic nitrogens is 1. The summed E-state index contributed by atoms with van der Waals surface area (Å²) in [5.74, 6) is -0.239. The summed E-state index contributed by atoms with van der Waals surface area (Å²) < 4.78 is 44.1. The molecule has 130 valence electrons. The second kappa shape index (κ2) is 7.04. The van der Waals surface area contributed by atoms with E-state index in [1.807, 2.05) is 0 Å². The fourth-order valence-corrected chi connectivity index (χ4v) is 2.33. The number of carbonyl (C=O) groups excluding carboxylic acids is 1. The Balaban J connectivity index is 2.06. The minimum absolute atomic E-state index is 0.0835. The number of alkyl halides is 3. The highest BCUT2D eigenvalue weighted by molar-refractivity contribution is 5.93. The van der Waals surface area contributed by atoms with E-state index in [0.29, 0.717) is 5.69 Å². The lowest BCUT2D eigenvalue weighted by atomic mass is 10.0. The van der Waals surface area contributed by atoms with E-state index in [4.69, 9.17) is 4.52 Å². The van der Waals surface area contributed by atoms with Crippen molar-refractivity contribution in [3.8, 4) is 0 Å². The third-order valence-electron chi connectivity index (χ3n) is 3.50. The highest BCUT2D eigenvalue weighted by atomic mass is 19.4. The van der Waals surface area contributed by atoms with Crippen molar-refractivity contribution in [2.24, 2.45) is 0 Å². The lowest BCUT2D eigenvalue weighted by molar-refractivity contribution is -0.138. The first-order valence-corrected chi connectivity index (χ1v) is 7.35. The van der Waals surface area contributed by atoms with E-state index in [1.165, 1.54) is 18.2 Å². The standard InChI is InChI=1S/C16H18F3N3O2/c1-9-8-14(24-22-9)21-15(23)11(3)20-10(2)12-6-4-5-7-13(12)16(17,18)19/h4-8,10-11,20H,1-3H3,(H,21,23)/t10-,11-/m0/s1. The summed E-state index contributed by atoms with van der Waals surface area (Å²) in [4.78, 5) is 12.1. The molecular formula is C16H18F3N3O2. The Morgan fingerprint density at radius 2 is 1.92 bits per heavy atom. The molecule has 1 aromatic carbocycles. The molecule has 0 unspecified atom stereocenters. The molecule has 0 radical (unpaired) electrons. The Hall–Kier alpha value is -2.35. The zero-order chi connectivity index (χ0) is 17.9. The molecule has 2 N–H and O–H groups in total. The van der Waals surface area contributed by atoms with Crippen LogP contribution in [0.25, 0.3) is 0 Å². The fourth-order valence-electron chi connectivity index (χ4n) is 2.33. The largest absolute Gasteiger partial charge is 0.416 e. The molecule has 0 fully saturated rings. The van der Waals surface area contributed by atoms with Gasteiger partial charge in [-0.05, 0) is 32.4 Å². The van der Waals surface area contributed by atoms with E-state index in [0.717, 1.165) is 6.07 Å². The van der Waals surface area contributed by atoms with Gasteiger partial charge in [-0.3, -0.25) is 15.4 Å². The van der Waals surface area contributed by atoms with Crippen LogP contribution in [0.3, 0.4) is 0 Å². The number of anilines is 1. The van der Waals surface area contributed by atoms with Gasteiger partial charge in [0.15, 0.2) is 0 Å². The number of nitrogens with zero attached hydrogens (tertiary/aromatic N) is 1. The molecule has 2 atom stereocenters. The SMILES string of the molecule is Cc1cc(NC(=O)[C@H](C)N[C@@H](C)c2ccccc2C(F)(F)F)on1. The third-order valence-corrected chi connectivity index (χ3v) is 3.50. The summed E-state index contributed by atoms with van der Waals surface area (Å²) in [5, 5.41) is 9.01. The Morgan fingerprint density at radius 3 is 2.50 bits per heavy atom. The summed E-state index contributed by atoms with van der Waals surface area (Å²) in [6.07, 6.45) is -4.45. The van der Waals surface area contributed by atoms with Gasteiger partial charge in [-0.1, -0.05) is 23.4 Å². The van der Waals surface area contributed by atoms with Crippen LogP contribution in [0, 0.1) is 6.92 Å². The van der Waals surface area contributed by atoms with Gasteiger partial charge in [0.05, 0.1) is 17.3 Å². The van der Waals surface area contributed by atoms with Crippen molar-refractivity contribution in [3.05, 3.63) is 47.2 Å². The predicted octanol–water partition coefficient (Wildman–Crippen LogP) is 3.68. The van der Waals surface area contributed by atoms with Crippen molar-refractivity contribution in [1.82, 2.24) is 10.5 Å². The number of nitrogens with one attached hydrogen (secondary N) is 2. The summed E-state index contributed by atoms with van der Waals surface area (Å²) in [6.45, 7) is 4.84. The Kier molecular flexibility index (Phi) is 5.28. The maximum absolute atomic E-state index is 13.1. The van der Waals surface area contributed by atoms with E-state index < -0.39 is 29.7 Å². The second-order valence-corrected chi connectivity index (χ2v) is 5.52. The summed E-state index contributed by atoms with van der Waals surface area (Å²) in [6, 6.07) is 5.44. The first-order chi connectivity index (χ1) is 11.2. The Labute approximate surface area is 137 Å². The molecule has 0 aliphatic carbocycles. The normalized spacial score (nSPS) is 14.2. The maximum atomic E-state index is 13.1. The second-order valence-electron chi connectivity index (χ2n) is 5.52. The molecule has 0 aliphatic heterocycles. The zero-order valence-corrected chi connectivity index (χ0v) is 13.4. The van der Waals surface area contributed by atoms with Gasteiger partial charge in [-0.15, -0.1) is 0 Å². The number of amides is 1. The number of carbonyl (C=O) groups is 1. The number of rotatable bonds is 5. The smallest absolute Gasteiger partial charge is 0.338 e. The Bertz CT molecular complexity index is 713. The van der Waals surface area contributed by atoms with E-state index in [1.54, 1.807) is 26.8 Å². The topological polar surface area (TPSA) is 67.2 Å². The van der Waals surface area contributed by atoms with Gasteiger partial charge >= 0.3 is 6.18 Å². The molecule has 0 saturated heterocycles. The molecule has 0 spiro atoms. The molecule has 5 nitrogen and oxygen atoms in total. The lowest BCUT2D eigenvalue weighted by Gasteiger charge is -2.22. The molecular weight excluding hydrogens is 323 g/mol. The van der Waals surface area contributed by atoms with E-state index in [2.05, 4.69) is 15.8 Å². The fraction of sp³-hybridized carbons (Fsp3) is 0.375. The van der Waals surface area contributed by atoms with Crippen LogP contribution in [0.4, 0.5) is 19.1 Å². The minimum Gasteiger partial charge on any atom is -0.338 e. The molecule has 0 bridgehead atoms. The van der Waals surface area contributed by atoms with Gasteiger partial charge in [-0.25, -0.2) is 0 Å². The predicted molar refractivity (Wildman–Crippen MR) is 82.3 cm³/mol. The van der Waals surface area contributed by atoms with Crippen molar-refractivity contribution < 1.29 is 22.5 Å². The van der Waals surface area contributed by atoms with Crippen molar-refractivity contribution in [3.63, 3.8) is 0 Å². The maximum Gasteiger partial charge on any atom is 0.416 e. The highest BCUT2D eigenvalue weighted by Crippen LogP contribution is 2.34. The van der Waals surface area contributed by atoms with Crippen molar-refractivity contribution in [1.29, 1.82) is 0 Å². The molecule has 0 aliphatic rings. The van der Waals surface area contributed by atoms with Crippen LogP contribution < -0.4 is 10.6 Å². The number of hydrogen-bond acceptors (Lipinski definition) is 4. The molecule has 1 heterocycles. The summed E-state index contributed by atoms with van der Waals surface area (Å²) in [5.41, 5.74) is -0.0259. The molecule has 1 amide bonds. The van der Waals surface area contributed by atoms with E-state index >= 15 is 0 Å². The first kappa shape index (κ1) is 18.0. The van der Waals surface area contributed by atoms with Gasteiger partial charge in [-0.2, -0.15) is 13.2 Å². The van der Waals surface area contributed by atoms with Gasteiger partial charge in [0.1, 0.15) is 0 Å². The van der Waals surface area contributed by atoms with Crippen molar-refractivity contribution in [2.75, 3.05) is 5.32 Å². The highest BCUT2D eigenvalue weighted by Gasteiger charge is 2.34. The quantitative estimate of drug-likeness (QED) is 0.871. The van der Waals surface area contributed by atoms with Crippen LogP contribution in [-0.2, 0) is 11.0 Å². The third kappa shape index (κ3) is 4.35. The average molecular weight is 341 g/mol. The monoisotopic (exact) mass is 341 g/mol. The van der Waals surface area contributed by atoms with Crippen LogP contribution in [0.1, 0.15) is 36.7 Å². The summed E-state index contributed by atoms with van der Waals surface area (Å²) in [7, 11) is 0. The van der Waals surface area contributed by atoms with Gasteiger partial charge in [0.2, 0.25) is 11.8 Å². The van der Waals surface area contributed by atoms with Crippen LogP contribution in [0.15, 0.2) is 34.9 Å². The van der Waals surface area contributed by atoms with Crippen LogP contribution in [-0.4, -0.2) is 17.1 Å². The zero-order valence-electron chi connectivity index (χ0n) is 13.4. The molecule has 0 saturated carbocycles. The number of halogens is 3. The molecule has 8 heteroatoms. The number of aryl methyl sites for hydroxylation is 1.